The van der Waals surface area contributed by atoms with Crippen LogP contribution in [0.25, 0.3) is 0 Å². The molecular weight excluding hydrogens is 389 g/mol. The van der Waals surface area contributed by atoms with Gasteiger partial charge in [-0.25, -0.2) is 0 Å². The van der Waals surface area contributed by atoms with Crippen molar-refractivity contribution in [3.8, 4) is 0 Å². The van der Waals surface area contributed by atoms with Gasteiger partial charge in [0, 0.05) is 58.2 Å². The normalized spacial score (nSPS) is 25.9. The molecule has 1 saturated carbocycles. The number of likely N-dealkylation sites (tertiary alicyclic amines) is 1. The molecule has 2 atom stereocenters. The zero-order valence-electron chi connectivity index (χ0n) is 13.7. The maximum absolute atomic E-state index is 4.36. The molecule has 1 saturated heterocycles. The minimum Gasteiger partial charge on any atom is -0.357 e. The van der Waals surface area contributed by atoms with Crippen LogP contribution in [0.1, 0.15) is 25.3 Å². The molecule has 2 aliphatic rings. The smallest absolute Gasteiger partial charge is 0.191 e. The average Bonchev–Trinajstić information content (AvgIpc) is 3.14. The van der Waals surface area contributed by atoms with Crippen LogP contribution in [-0.4, -0.2) is 47.6 Å². The van der Waals surface area contributed by atoms with E-state index in [0.717, 1.165) is 25.1 Å². The fraction of sp³-hybridized carbons (Fsp3) is 0.688. The molecule has 0 spiro atoms. The zero-order chi connectivity index (χ0) is 14.8. The number of aromatic nitrogens is 1. The number of nitrogens with zero attached hydrogens (tertiary/aromatic N) is 3. The summed E-state index contributed by atoms with van der Waals surface area (Å²) in [6.07, 6.45) is 6.98. The minimum absolute atomic E-state index is 0. The van der Waals surface area contributed by atoms with E-state index in [9.17, 15) is 0 Å². The van der Waals surface area contributed by atoms with Gasteiger partial charge >= 0.3 is 0 Å². The fourth-order valence-electron chi connectivity index (χ4n) is 3.15. The van der Waals surface area contributed by atoms with Crippen LogP contribution < -0.4 is 10.6 Å². The summed E-state index contributed by atoms with van der Waals surface area (Å²) < 4.78 is 2.07. The van der Waals surface area contributed by atoms with E-state index in [4.69, 9.17) is 0 Å². The third kappa shape index (κ3) is 4.38. The summed E-state index contributed by atoms with van der Waals surface area (Å²) in [6, 6.07) is 3.50. The Kier molecular flexibility index (Phi) is 6.14. The summed E-state index contributed by atoms with van der Waals surface area (Å²) >= 11 is 0. The maximum atomic E-state index is 4.36. The summed E-state index contributed by atoms with van der Waals surface area (Å²) in [5.74, 6) is 1.59. The molecule has 6 heteroatoms. The Balaban J connectivity index is 0.00000176. The van der Waals surface area contributed by atoms with Crippen molar-refractivity contribution < 1.29 is 0 Å². The van der Waals surface area contributed by atoms with Gasteiger partial charge < -0.3 is 15.2 Å². The highest BCUT2D eigenvalue weighted by atomic mass is 127. The Morgan fingerprint density at radius 2 is 2.14 bits per heavy atom. The Morgan fingerprint density at radius 3 is 2.73 bits per heavy atom. The largest absolute Gasteiger partial charge is 0.357 e. The van der Waals surface area contributed by atoms with E-state index in [1.807, 2.05) is 14.1 Å². The summed E-state index contributed by atoms with van der Waals surface area (Å²) in [5.41, 5.74) is 1.28. The van der Waals surface area contributed by atoms with Crippen molar-refractivity contribution in [3.05, 3.63) is 24.0 Å². The molecule has 124 valence electrons. The van der Waals surface area contributed by atoms with E-state index < -0.39 is 0 Å². The van der Waals surface area contributed by atoms with Crippen molar-refractivity contribution >= 4 is 29.9 Å². The SMILES string of the molecule is CN=C(NCc1ccn(C)c1)NC1CN(C2CC2)CC1C.I. The number of guanidine groups is 1. The van der Waals surface area contributed by atoms with Crippen LogP contribution in [0.3, 0.4) is 0 Å². The van der Waals surface area contributed by atoms with Gasteiger partial charge in [-0.15, -0.1) is 24.0 Å². The maximum Gasteiger partial charge on any atom is 0.191 e. The second-order valence-corrected chi connectivity index (χ2v) is 6.52. The summed E-state index contributed by atoms with van der Waals surface area (Å²) in [5, 5.41) is 7.01. The monoisotopic (exact) mass is 417 g/mol. The number of hydrogen-bond donors (Lipinski definition) is 2. The van der Waals surface area contributed by atoms with Crippen molar-refractivity contribution in [3.63, 3.8) is 0 Å². The van der Waals surface area contributed by atoms with Crippen molar-refractivity contribution in [2.45, 2.75) is 38.4 Å². The Bertz CT molecular complexity index is 508. The molecule has 0 amide bonds. The van der Waals surface area contributed by atoms with Crippen LogP contribution in [0.2, 0.25) is 0 Å². The lowest BCUT2D eigenvalue weighted by molar-refractivity contribution is 0.315. The predicted octanol–water partition coefficient (Wildman–Crippen LogP) is 1.79. The van der Waals surface area contributed by atoms with Gasteiger partial charge in [0.1, 0.15) is 0 Å². The molecule has 2 unspecified atom stereocenters. The molecule has 0 aromatic carbocycles. The van der Waals surface area contributed by atoms with Gasteiger partial charge in [0.15, 0.2) is 5.96 Å². The highest BCUT2D eigenvalue weighted by Gasteiger charge is 2.38. The van der Waals surface area contributed by atoms with Crippen LogP contribution in [0, 0.1) is 5.92 Å². The lowest BCUT2D eigenvalue weighted by Gasteiger charge is -2.20. The van der Waals surface area contributed by atoms with Gasteiger partial charge in [-0.2, -0.15) is 0 Å². The second-order valence-electron chi connectivity index (χ2n) is 6.52. The molecule has 1 aromatic heterocycles. The Hall–Kier alpha value is -0.760. The second kappa shape index (κ2) is 7.68. The Labute approximate surface area is 150 Å². The van der Waals surface area contributed by atoms with E-state index in [2.05, 4.69) is 50.5 Å². The first kappa shape index (κ1) is 17.6. The predicted molar refractivity (Wildman–Crippen MR) is 102 cm³/mol. The number of aryl methyl sites for hydroxylation is 1. The lowest BCUT2D eigenvalue weighted by Crippen LogP contribution is -2.46. The van der Waals surface area contributed by atoms with Crippen LogP contribution >= 0.6 is 24.0 Å². The molecule has 3 rings (SSSR count). The topological polar surface area (TPSA) is 44.6 Å². The van der Waals surface area contributed by atoms with Gasteiger partial charge in [0.25, 0.3) is 0 Å². The number of aliphatic imine (C=N–C) groups is 1. The van der Waals surface area contributed by atoms with E-state index in [0.29, 0.717) is 12.0 Å². The number of hydrogen-bond acceptors (Lipinski definition) is 2. The zero-order valence-corrected chi connectivity index (χ0v) is 16.1. The third-order valence-electron chi connectivity index (χ3n) is 4.60. The van der Waals surface area contributed by atoms with Crippen LogP contribution in [0.15, 0.2) is 23.5 Å². The molecule has 0 radical (unpaired) electrons. The van der Waals surface area contributed by atoms with Gasteiger partial charge in [-0.3, -0.25) is 9.89 Å². The highest BCUT2D eigenvalue weighted by Crippen LogP contribution is 2.31. The molecule has 1 aliphatic heterocycles. The van der Waals surface area contributed by atoms with Gasteiger partial charge in [-0.1, -0.05) is 6.92 Å². The number of halogens is 1. The molecule has 1 aliphatic carbocycles. The van der Waals surface area contributed by atoms with Crippen molar-refractivity contribution in [1.29, 1.82) is 0 Å². The van der Waals surface area contributed by atoms with E-state index in [1.54, 1.807) is 0 Å². The molecule has 2 heterocycles. The molecule has 2 fully saturated rings. The fourth-order valence-corrected chi connectivity index (χ4v) is 3.15. The van der Waals surface area contributed by atoms with E-state index in [-0.39, 0.29) is 24.0 Å². The summed E-state index contributed by atoms with van der Waals surface area (Å²) in [6.45, 7) is 5.52. The molecule has 2 N–H and O–H groups in total. The highest BCUT2D eigenvalue weighted by molar-refractivity contribution is 14.0. The van der Waals surface area contributed by atoms with E-state index in [1.165, 1.54) is 24.9 Å². The Morgan fingerprint density at radius 1 is 1.36 bits per heavy atom. The van der Waals surface area contributed by atoms with Crippen LogP contribution in [-0.2, 0) is 13.6 Å². The van der Waals surface area contributed by atoms with Gasteiger partial charge in [0.05, 0.1) is 0 Å². The number of rotatable bonds is 4. The molecule has 1 aromatic rings. The number of nitrogens with one attached hydrogen (secondary N) is 2. The van der Waals surface area contributed by atoms with E-state index >= 15 is 0 Å². The molecular formula is C16H28IN5. The van der Waals surface area contributed by atoms with Crippen molar-refractivity contribution in [2.75, 3.05) is 20.1 Å². The lowest BCUT2D eigenvalue weighted by atomic mass is 10.1. The van der Waals surface area contributed by atoms with Gasteiger partial charge in [-0.05, 0) is 30.4 Å². The van der Waals surface area contributed by atoms with Crippen molar-refractivity contribution in [1.82, 2.24) is 20.1 Å². The first-order chi connectivity index (χ1) is 10.2. The summed E-state index contributed by atoms with van der Waals surface area (Å²) in [4.78, 5) is 6.99. The summed E-state index contributed by atoms with van der Waals surface area (Å²) in [7, 11) is 3.89. The molecule has 5 nitrogen and oxygen atoms in total. The minimum atomic E-state index is 0. The standard InChI is InChI=1S/C16H27N5.HI/c1-12-9-21(14-4-5-14)11-15(12)19-16(17-2)18-8-13-6-7-20(3)10-13;/h6-7,10,12,14-15H,4-5,8-9,11H2,1-3H3,(H2,17,18,19);1H. The first-order valence-electron chi connectivity index (χ1n) is 7.98. The quantitative estimate of drug-likeness (QED) is 0.446. The van der Waals surface area contributed by atoms with Crippen LogP contribution in [0.4, 0.5) is 0 Å². The molecule has 0 bridgehead atoms. The van der Waals surface area contributed by atoms with Crippen molar-refractivity contribution in [2.24, 2.45) is 18.0 Å². The first-order valence-corrected chi connectivity index (χ1v) is 7.98. The van der Waals surface area contributed by atoms with Crippen LogP contribution in [0.5, 0.6) is 0 Å². The average molecular weight is 417 g/mol. The molecule has 22 heavy (non-hydrogen) atoms. The third-order valence-corrected chi connectivity index (χ3v) is 4.60. The van der Waals surface area contributed by atoms with Gasteiger partial charge in [0.2, 0.25) is 0 Å².